The van der Waals surface area contributed by atoms with Crippen LogP contribution >= 0.6 is 0 Å². The molecule has 1 aromatic carbocycles. The molecule has 0 unspecified atom stereocenters. The van der Waals surface area contributed by atoms with Crippen LogP contribution in [-0.2, 0) is 26.6 Å². The van der Waals surface area contributed by atoms with Crippen LogP contribution in [0.1, 0.15) is 22.4 Å². The topological polar surface area (TPSA) is 72.8 Å². The number of rotatable bonds is 4. The molecule has 0 saturated carbocycles. The van der Waals surface area contributed by atoms with Crippen molar-refractivity contribution >= 4 is 6.03 Å². The van der Waals surface area contributed by atoms with Crippen molar-refractivity contribution in [3.05, 3.63) is 57.0 Å². The summed E-state index contributed by atoms with van der Waals surface area (Å²) in [7, 11) is 4.94. The van der Waals surface area contributed by atoms with Gasteiger partial charge >= 0.3 is 6.03 Å². The van der Waals surface area contributed by atoms with E-state index in [0.717, 1.165) is 23.2 Å². The van der Waals surface area contributed by atoms with Crippen molar-refractivity contribution in [1.82, 2.24) is 14.8 Å². The second kappa shape index (κ2) is 7.73. The Balaban J connectivity index is 1.69. The van der Waals surface area contributed by atoms with Gasteiger partial charge < -0.3 is 24.3 Å². The summed E-state index contributed by atoms with van der Waals surface area (Å²) in [5, 5.41) is 2.86. The second-order valence-electron chi connectivity index (χ2n) is 6.67. The number of aromatic nitrogens is 1. The molecule has 1 aliphatic rings. The summed E-state index contributed by atoms with van der Waals surface area (Å²) < 4.78 is 12.3. The lowest BCUT2D eigenvalue weighted by atomic mass is 9.99. The van der Waals surface area contributed by atoms with Crippen LogP contribution in [0.2, 0.25) is 0 Å². The predicted molar refractivity (Wildman–Crippen MR) is 102 cm³/mol. The number of hydrogen-bond donors (Lipinski definition) is 1. The molecule has 144 valence electrons. The third-order valence-electron chi connectivity index (χ3n) is 5.07. The number of carbonyl (C=O) groups is 1. The maximum Gasteiger partial charge on any atom is 0.317 e. The fourth-order valence-corrected chi connectivity index (χ4v) is 3.25. The molecule has 1 aliphatic heterocycles. The first-order valence-corrected chi connectivity index (χ1v) is 8.86. The van der Waals surface area contributed by atoms with Crippen molar-refractivity contribution in [3.8, 4) is 11.5 Å². The van der Waals surface area contributed by atoms with Gasteiger partial charge in [0.25, 0.3) is 5.56 Å². The summed E-state index contributed by atoms with van der Waals surface area (Å²) in [5.74, 6) is 1.35. The Labute approximate surface area is 158 Å². The molecule has 0 atom stereocenters. The van der Waals surface area contributed by atoms with E-state index in [2.05, 4.69) is 5.32 Å². The third-order valence-corrected chi connectivity index (χ3v) is 5.07. The van der Waals surface area contributed by atoms with E-state index >= 15 is 0 Å². The average Bonchev–Trinajstić information content (AvgIpc) is 2.69. The number of nitrogens with one attached hydrogen (secondary N) is 1. The molecule has 0 saturated heterocycles. The molecule has 3 rings (SSSR count). The third kappa shape index (κ3) is 3.77. The van der Waals surface area contributed by atoms with Gasteiger partial charge in [-0.15, -0.1) is 0 Å². The number of urea groups is 1. The van der Waals surface area contributed by atoms with Crippen LogP contribution in [-0.4, -0.2) is 36.3 Å². The summed E-state index contributed by atoms with van der Waals surface area (Å²) in [6, 6.07) is 7.35. The molecule has 0 aliphatic carbocycles. The lowest BCUT2D eigenvalue weighted by Gasteiger charge is -2.29. The number of nitrogens with zero attached hydrogens (tertiary/aromatic N) is 2. The standard InChI is InChI=1S/C20H25N3O4/c1-13-5-6-15(19(24)22(13)2)11-21-20(25)23-8-7-14-9-17(26-3)18(27-4)10-16(14)12-23/h5-6,9-10H,7-8,11-12H2,1-4H3,(H,21,25). The summed E-state index contributed by atoms with van der Waals surface area (Å²) in [5.41, 5.74) is 3.56. The van der Waals surface area contributed by atoms with Gasteiger partial charge in [-0.1, -0.05) is 6.07 Å². The van der Waals surface area contributed by atoms with Gasteiger partial charge in [0.2, 0.25) is 0 Å². The smallest absolute Gasteiger partial charge is 0.317 e. The van der Waals surface area contributed by atoms with Gasteiger partial charge in [0, 0.05) is 37.9 Å². The number of aryl methyl sites for hydroxylation is 1. The fraction of sp³-hybridized carbons (Fsp3) is 0.400. The molecule has 0 spiro atoms. The summed E-state index contributed by atoms with van der Waals surface area (Å²) in [4.78, 5) is 26.6. The maximum atomic E-state index is 12.6. The van der Waals surface area contributed by atoms with Crippen molar-refractivity contribution in [3.63, 3.8) is 0 Å². The first-order valence-electron chi connectivity index (χ1n) is 8.86. The van der Waals surface area contributed by atoms with Crippen molar-refractivity contribution in [2.24, 2.45) is 7.05 Å². The van der Waals surface area contributed by atoms with E-state index < -0.39 is 0 Å². The highest BCUT2D eigenvalue weighted by molar-refractivity contribution is 5.74. The number of ether oxygens (including phenoxy) is 2. The van der Waals surface area contributed by atoms with E-state index in [1.165, 1.54) is 0 Å². The Morgan fingerprint density at radius 2 is 1.81 bits per heavy atom. The monoisotopic (exact) mass is 371 g/mol. The van der Waals surface area contributed by atoms with Gasteiger partial charge in [-0.2, -0.15) is 0 Å². The van der Waals surface area contributed by atoms with E-state index in [1.807, 2.05) is 25.1 Å². The zero-order valence-electron chi connectivity index (χ0n) is 16.2. The number of fused-ring (bicyclic) bond motifs is 1. The van der Waals surface area contributed by atoms with Crippen LogP contribution in [0.15, 0.2) is 29.1 Å². The maximum absolute atomic E-state index is 12.6. The summed E-state index contributed by atoms with van der Waals surface area (Å²) in [6.45, 7) is 3.19. The van der Waals surface area contributed by atoms with Crippen LogP contribution < -0.4 is 20.3 Å². The largest absolute Gasteiger partial charge is 0.493 e. The molecule has 7 nitrogen and oxygen atoms in total. The highest BCUT2D eigenvalue weighted by atomic mass is 16.5. The molecule has 1 N–H and O–H groups in total. The number of methoxy groups -OCH3 is 2. The van der Waals surface area contributed by atoms with Gasteiger partial charge in [-0.05, 0) is 42.7 Å². The SMILES string of the molecule is COc1cc2c(cc1OC)CN(C(=O)NCc1ccc(C)n(C)c1=O)CC2. The second-order valence-corrected chi connectivity index (χ2v) is 6.67. The molecular formula is C20H25N3O4. The van der Waals surface area contributed by atoms with Crippen molar-refractivity contribution < 1.29 is 14.3 Å². The van der Waals surface area contributed by atoms with Gasteiger partial charge in [0.05, 0.1) is 14.2 Å². The summed E-state index contributed by atoms with van der Waals surface area (Å²) >= 11 is 0. The van der Waals surface area contributed by atoms with E-state index in [9.17, 15) is 9.59 Å². The van der Waals surface area contributed by atoms with Crippen LogP contribution in [0, 0.1) is 6.92 Å². The van der Waals surface area contributed by atoms with Gasteiger partial charge in [0.15, 0.2) is 11.5 Å². The van der Waals surface area contributed by atoms with Crippen LogP contribution in [0.5, 0.6) is 11.5 Å². The highest BCUT2D eigenvalue weighted by Crippen LogP contribution is 2.33. The zero-order chi connectivity index (χ0) is 19.6. The Morgan fingerprint density at radius 3 is 2.48 bits per heavy atom. The quantitative estimate of drug-likeness (QED) is 0.892. The molecule has 2 heterocycles. The number of benzene rings is 1. The molecule has 7 heteroatoms. The van der Waals surface area contributed by atoms with Gasteiger partial charge in [-0.25, -0.2) is 4.79 Å². The van der Waals surface area contributed by atoms with Crippen LogP contribution in [0.3, 0.4) is 0 Å². The fourth-order valence-electron chi connectivity index (χ4n) is 3.25. The molecule has 0 bridgehead atoms. The molecule has 1 aromatic heterocycles. The van der Waals surface area contributed by atoms with Gasteiger partial charge in [0.1, 0.15) is 0 Å². The van der Waals surface area contributed by atoms with Crippen LogP contribution in [0.4, 0.5) is 4.79 Å². The Kier molecular flexibility index (Phi) is 5.39. The lowest BCUT2D eigenvalue weighted by molar-refractivity contribution is 0.191. The number of hydrogen-bond acceptors (Lipinski definition) is 4. The normalized spacial score (nSPS) is 13.1. The Hall–Kier alpha value is -2.96. The van der Waals surface area contributed by atoms with Gasteiger partial charge in [-0.3, -0.25) is 4.79 Å². The van der Waals surface area contributed by atoms with E-state index in [-0.39, 0.29) is 18.1 Å². The number of pyridine rings is 1. The molecule has 2 amide bonds. The van der Waals surface area contributed by atoms with Crippen molar-refractivity contribution in [2.45, 2.75) is 26.4 Å². The van der Waals surface area contributed by atoms with E-state index in [0.29, 0.717) is 30.2 Å². The van der Waals surface area contributed by atoms with E-state index in [4.69, 9.17) is 9.47 Å². The number of carbonyl (C=O) groups excluding carboxylic acids is 1. The molecule has 2 aromatic rings. The van der Waals surface area contributed by atoms with Crippen LogP contribution in [0.25, 0.3) is 0 Å². The molecule has 0 radical (unpaired) electrons. The number of amides is 2. The molecule has 27 heavy (non-hydrogen) atoms. The van der Waals surface area contributed by atoms with E-state index in [1.54, 1.807) is 36.8 Å². The molecular weight excluding hydrogens is 346 g/mol. The Morgan fingerprint density at radius 1 is 1.15 bits per heavy atom. The first-order chi connectivity index (χ1) is 12.9. The van der Waals surface area contributed by atoms with Crippen molar-refractivity contribution in [1.29, 1.82) is 0 Å². The van der Waals surface area contributed by atoms with Crippen molar-refractivity contribution in [2.75, 3.05) is 20.8 Å². The minimum Gasteiger partial charge on any atom is -0.493 e. The summed E-state index contributed by atoms with van der Waals surface area (Å²) in [6.07, 6.45) is 0.745. The predicted octanol–water partition coefficient (Wildman–Crippen LogP) is 1.98. The lowest BCUT2D eigenvalue weighted by Crippen LogP contribution is -2.43. The molecule has 0 fully saturated rings. The highest BCUT2D eigenvalue weighted by Gasteiger charge is 2.23. The first kappa shape index (κ1) is 18.8. The Bertz CT molecular complexity index is 920. The minimum atomic E-state index is -0.182. The zero-order valence-corrected chi connectivity index (χ0v) is 16.2. The average molecular weight is 371 g/mol. The minimum absolute atomic E-state index is 0.0869.